The average molecular weight is 232 g/mol. The van der Waals surface area contributed by atoms with Gasteiger partial charge < -0.3 is 0 Å². The van der Waals surface area contributed by atoms with Gasteiger partial charge in [0.05, 0.1) is 10.2 Å². The van der Waals surface area contributed by atoms with Crippen molar-refractivity contribution in [3.8, 4) is 0 Å². The van der Waals surface area contributed by atoms with Crippen LogP contribution in [0.3, 0.4) is 0 Å². The van der Waals surface area contributed by atoms with Gasteiger partial charge in [-0.15, -0.1) is 11.3 Å². The van der Waals surface area contributed by atoms with Crippen LogP contribution in [0.25, 0.3) is 15.9 Å². The summed E-state index contributed by atoms with van der Waals surface area (Å²) in [5.41, 5.74) is 3.18. The van der Waals surface area contributed by atoms with Crippen molar-refractivity contribution in [1.29, 1.82) is 0 Å². The minimum Gasteiger partial charge on any atom is -0.274 e. The maximum absolute atomic E-state index is 11.7. The van der Waals surface area contributed by atoms with E-state index in [4.69, 9.17) is 0 Å². The average Bonchev–Trinajstić information content (AvgIpc) is 2.89. The Labute approximate surface area is 93.7 Å². The van der Waals surface area contributed by atoms with Gasteiger partial charge in [-0.25, -0.2) is 10.1 Å². The number of rotatable bonds is 1. The van der Waals surface area contributed by atoms with E-state index < -0.39 is 0 Å². The number of nitrogens with one attached hydrogen (secondary N) is 1. The Bertz CT molecular complexity index is 749. The van der Waals surface area contributed by atoms with Crippen LogP contribution in [0.15, 0.2) is 16.4 Å². The summed E-state index contributed by atoms with van der Waals surface area (Å²) in [5.74, 6) is 1.42. The van der Waals surface area contributed by atoms with Crippen LogP contribution in [0.1, 0.15) is 24.6 Å². The molecular formula is C10H8N4OS. The van der Waals surface area contributed by atoms with Crippen molar-refractivity contribution in [2.75, 3.05) is 0 Å². The molecule has 80 valence electrons. The lowest BCUT2D eigenvalue weighted by Crippen LogP contribution is -2.15. The second-order valence-corrected chi connectivity index (χ2v) is 4.98. The normalized spacial score (nSPS) is 16.2. The van der Waals surface area contributed by atoms with Crippen molar-refractivity contribution < 1.29 is 0 Å². The zero-order valence-corrected chi connectivity index (χ0v) is 9.12. The molecule has 1 saturated carbocycles. The van der Waals surface area contributed by atoms with Crippen LogP contribution in [-0.2, 0) is 0 Å². The molecule has 5 nitrogen and oxygen atoms in total. The minimum absolute atomic E-state index is 0.144. The Hall–Kier alpha value is -1.69. The Morgan fingerprint density at radius 3 is 3.19 bits per heavy atom. The summed E-state index contributed by atoms with van der Waals surface area (Å²) in [5, 5.41) is 6.73. The molecule has 4 rings (SSSR count). The summed E-state index contributed by atoms with van der Waals surface area (Å²) in [4.78, 5) is 16.0. The van der Waals surface area contributed by atoms with Crippen molar-refractivity contribution in [1.82, 2.24) is 19.6 Å². The van der Waals surface area contributed by atoms with E-state index in [0.717, 1.165) is 29.0 Å². The first-order valence-electron chi connectivity index (χ1n) is 5.18. The molecule has 3 aromatic rings. The number of aromatic amines is 1. The van der Waals surface area contributed by atoms with Gasteiger partial charge in [0, 0.05) is 5.92 Å². The van der Waals surface area contributed by atoms with Crippen LogP contribution >= 0.6 is 11.3 Å². The van der Waals surface area contributed by atoms with E-state index in [2.05, 4.69) is 15.2 Å². The number of hydrogen-bond acceptors (Lipinski definition) is 4. The third-order valence-electron chi connectivity index (χ3n) is 2.97. The quantitative estimate of drug-likeness (QED) is 0.691. The second-order valence-electron chi connectivity index (χ2n) is 4.09. The summed E-state index contributed by atoms with van der Waals surface area (Å²) < 4.78 is 2.95. The lowest BCUT2D eigenvalue weighted by molar-refractivity contribution is 0.808. The summed E-state index contributed by atoms with van der Waals surface area (Å²) in [6.45, 7) is 0. The SMILES string of the molecule is O=c1[nH]nc(C2CC2)n2c1cc1scnc12. The third kappa shape index (κ3) is 0.969. The largest absolute Gasteiger partial charge is 0.288 e. The van der Waals surface area contributed by atoms with Gasteiger partial charge in [-0.1, -0.05) is 0 Å². The molecule has 3 aromatic heterocycles. The van der Waals surface area contributed by atoms with Gasteiger partial charge in [0.15, 0.2) is 5.65 Å². The Balaban J connectivity index is 2.28. The van der Waals surface area contributed by atoms with Crippen LogP contribution in [0.5, 0.6) is 0 Å². The number of thiazole rings is 1. The molecule has 1 aliphatic rings. The number of fused-ring (bicyclic) bond motifs is 3. The predicted molar refractivity (Wildman–Crippen MR) is 61.0 cm³/mol. The van der Waals surface area contributed by atoms with E-state index >= 15 is 0 Å². The first kappa shape index (κ1) is 8.46. The molecule has 0 atom stereocenters. The number of hydrogen-bond donors (Lipinski definition) is 1. The first-order valence-corrected chi connectivity index (χ1v) is 6.06. The maximum atomic E-state index is 11.7. The van der Waals surface area contributed by atoms with E-state index in [1.807, 2.05) is 10.5 Å². The molecule has 0 amide bonds. The first-order chi connectivity index (χ1) is 7.84. The molecule has 1 N–H and O–H groups in total. The fourth-order valence-corrected chi connectivity index (χ4v) is 2.74. The highest BCUT2D eigenvalue weighted by Crippen LogP contribution is 2.39. The van der Waals surface area contributed by atoms with E-state index in [1.165, 1.54) is 0 Å². The van der Waals surface area contributed by atoms with Crippen molar-refractivity contribution in [3.63, 3.8) is 0 Å². The van der Waals surface area contributed by atoms with Gasteiger partial charge in [-0.2, -0.15) is 5.10 Å². The molecule has 1 fully saturated rings. The summed E-state index contributed by atoms with van der Waals surface area (Å²) in [6, 6.07) is 1.89. The van der Waals surface area contributed by atoms with Crippen molar-refractivity contribution >= 4 is 27.2 Å². The maximum Gasteiger partial charge on any atom is 0.288 e. The molecule has 0 aliphatic heterocycles. The highest BCUT2D eigenvalue weighted by atomic mass is 32.1. The Kier molecular flexibility index (Phi) is 1.43. The van der Waals surface area contributed by atoms with E-state index in [0.29, 0.717) is 11.4 Å². The van der Waals surface area contributed by atoms with E-state index in [9.17, 15) is 4.79 Å². The molecule has 3 heterocycles. The van der Waals surface area contributed by atoms with Gasteiger partial charge in [0.2, 0.25) is 0 Å². The Morgan fingerprint density at radius 2 is 2.38 bits per heavy atom. The number of aromatic nitrogens is 4. The van der Waals surface area contributed by atoms with Gasteiger partial charge >= 0.3 is 0 Å². The minimum atomic E-state index is -0.144. The molecule has 1 aliphatic carbocycles. The highest BCUT2D eigenvalue weighted by molar-refractivity contribution is 7.16. The highest BCUT2D eigenvalue weighted by Gasteiger charge is 2.29. The fourth-order valence-electron chi connectivity index (χ4n) is 2.05. The lowest BCUT2D eigenvalue weighted by atomic mass is 10.4. The molecule has 0 spiro atoms. The lowest BCUT2D eigenvalue weighted by Gasteiger charge is -2.01. The number of H-pyrrole nitrogens is 1. The van der Waals surface area contributed by atoms with Crippen LogP contribution in [0, 0.1) is 0 Å². The molecular weight excluding hydrogens is 224 g/mol. The Morgan fingerprint density at radius 1 is 1.50 bits per heavy atom. The molecule has 0 bridgehead atoms. The van der Waals surface area contributed by atoms with Gasteiger partial charge in [0.25, 0.3) is 5.56 Å². The molecule has 6 heteroatoms. The zero-order chi connectivity index (χ0) is 10.7. The van der Waals surface area contributed by atoms with E-state index in [-0.39, 0.29) is 5.56 Å². The smallest absolute Gasteiger partial charge is 0.274 e. The monoisotopic (exact) mass is 232 g/mol. The predicted octanol–water partition coefficient (Wildman–Crippen LogP) is 1.51. The van der Waals surface area contributed by atoms with Crippen molar-refractivity contribution in [3.05, 3.63) is 27.8 Å². The molecule has 0 aromatic carbocycles. The van der Waals surface area contributed by atoms with Crippen LogP contribution < -0.4 is 5.56 Å². The number of nitrogens with zero attached hydrogens (tertiary/aromatic N) is 3. The van der Waals surface area contributed by atoms with Crippen LogP contribution in [-0.4, -0.2) is 19.6 Å². The molecule has 0 unspecified atom stereocenters. The van der Waals surface area contributed by atoms with Crippen molar-refractivity contribution in [2.45, 2.75) is 18.8 Å². The molecule has 0 saturated heterocycles. The van der Waals surface area contributed by atoms with Gasteiger partial charge in [0.1, 0.15) is 11.3 Å². The van der Waals surface area contributed by atoms with Crippen LogP contribution in [0.4, 0.5) is 0 Å². The van der Waals surface area contributed by atoms with Crippen molar-refractivity contribution in [2.24, 2.45) is 0 Å². The van der Waals surface area contributed by atoms with Gasteiger partial charge in [-0.3, -0.25) is 9.20 Å². The summed E-state index contributed by atoms with van der Waals surface area (Å²) in [7, 11) is 0. The topological polar surface area (TPSA) is 63.0 Å². The fraction of sp³-hybridized carbons (Fsp3) is 0.300. The zero-order valence-electron chi connectivity index (χ0n) is 8.30. The molecule has 0 radical (unpaired) electrons. The molecule has 16 heavy (non-hydrogen) atoms. The standard InChI is InChI=1S/C10H8N4OS/c15-10-6-3-7-9(11-4-16-7)14(6)8(12-13-10)5-1-2-5/h3-5H,1-2H2,(H,13,15). The summed E-state index contributed by atoms with van der Waals surface area (Å²) in [6.07, 6.45) is 2.30. The van der Waals surface area contributed by atoms with Gasteiger partial charge in [-0.05, 0) is 18.9 Å². The van der Waals surface area contributed by atoms with Crippen LogP contribution in [0.2, 0.25) is 0 Å². The third-order valence-corrected chi connectivity index (χ3v) is 3.74. The summed E-state index contributed by atoms with van der Waals surface area (Å²) >= 11 is 1.55. The van der Waals surface area contributed by atoms with E-state index in [1.54, 1.807) is 16.8 Å². The second kappa shape index (κ2) is 2.70.